The Balaban J connectivity index is 2.27. The van der Waals surface area contributed by atoms with Gasteiger partial charge in [-0.15, -0.1) is 0 Å². The number of hydrogen-bond donors (Lipinski definition) is 2. The zero-order valence-corrected chi connectivity index (χ0v) is 14.4. The van der Waals surface area contributed by atoms with Crippen LogP contribution in [0.1, 0.15) is 0 Å². The minimum Gasteiger partial charge on any atom is -0.503 e. The summed E-state index contributed by atoms with van der Waals surface area (Å²) in [5.74, 6) is 0.272. The summed E-state index contributed by atoms with van der Waals surface area (Å²) < 4.78 is 6.43. The van der Waals surface area contributed by atoms with E-state index >= 15 is 0 Å². The minimum atomic E-state index is -0.282. The van der Waals surface area contributed by atoms with Gasteiger partial charge in [-0.2, -0.15) is 0 Å². The average molecular weight is 427 g/mol. The van der Waals surface area contributed by atoms with Crippen molar-refractivity contribution < 1.29 is 9.84 Å². The number of fused-ring (bicyclic) bond motifs is 1. The Morgan fingerprint density at radius 1 is 1.23 bits per heavy atom. The molecule has 3 rings (SSSR count). The minimum absolute atomic E-state index is 0.0649. The molecule has 0 unspecified atom stereocenters. The fourth-order valence-corrected chi connectivity index (χ4v) is 3.32. The third kappa shape index (κ3) is 2.59. The molecule has 0 aliphatic heterocycles. The van der Waals surface area contributed by atoms with Gasteiger partial charge in [-0.1, -0.05) is 15.9 Å². The van der Waals surface area contributed by atoms with Crippen molar-refractivity contribution in [3.8, 4) is 23.1 Å². The predicted molar refractivity (Wildman–Crippen MR) is 89.2 cm³/mol. The Morgan fingerprint density at radius 2 is 2.00 bits per heavy atom. The molecule has 8 heteroatoms. The maximum atomic E-state index is 12.3. The number of H-pyrrole nitrogens is 1. The maximum absolute atomic E-state index is 12.3. The van der Waals surface area contributed by atoms with Crippen LogP contribution in [0.2, 0.25) is 0 Å². The van der Waals surface area contributed by atoms with Crippen molar-refractivity contribution in [2.75, 3.05) is 7.11 Å². The Hall–Kier alpha value is -1.93. The first kappa shape index (κ1) is 15.0. The molecule has 22 heavy (non-hydrogen) atoms. The summed E-state index contributed by atoms with van der Waals surface area (Å²) in [7, 11) is 1.40. The summed E-state index contributed by atoms with van der Waals surface area (Å²) in [6.45, 7) is 0. The lowest BCUT2D eigenvalue weighted by Crippen LogP contribution is -2.10. The summed E-state index contributed by atoms with van der Waals surface area (Å²) in [5.41, 5.74) is 0.634. The number of nitrogens with one attached hydrogen (secondary N) is 1. The van der Waals surface area contributed by atoms with E-state index in [-0.39, 0.29) is 17.2 Å². The number of pyridine rings is 1. The quantitative estimate of drug-likeness (QED) is 0.656. The summed E-state index contributed by atoms with van der Waals surface area (Å²) >= 11 is 6.74. The molecule has 0 aliphatic carbocycles. The summed E-state index contributed by atoms with van der Waals surface area (Å²) in [5, 5.41) is 10.0. The van der Waals surface area contributed by atoms with Gasteiger partial charge in [0.2, 0.25) is 0 Å². The largest absolute Gasteiger partial charge is 0.503 e. The fourth-order valence-electron chi connectivity index (χ4n) is 2.00. The molecule has 1 aromatic carbocycles. The van der Waals surface area contributed by atoms with Crippen molar-refractivity contribution in [3.63, 3.8) is 0 Å². The third-order valence-electron chi connectivity index (χ3n) is 3.00. The zero-order chi connectivity index (χ0) is 15.9. The third-order valence-corrected chi connectivity index (χ3v) is 4.07. The molecule has 0 saturated carbocycles. The van der Waals surface area contributed by atoms with Crippen molar-refractivity contribution >= 4 is 42.8 Å². The number of aromatic hydroxyl groups is 1. The predicted octanol–water partition coefficient (Wildman–Crippen LogP) is 3.22. The molecule has 0 radical (unpaired) electrons. The lowest BCUT2D eigenvalue weighted by Gasteiger charge is -2.07. The monoisotopic (exact) mass is 425 g/mol. The molecule has 0 bridgehead atoms. The van der Waals surface area contributed by atoms with Crippen molar-refractivity contribution in [1.82, 2.24) is 15.0 Å². The number of ether oxygens (including phenoxy) is 1. The molecule has 112 valence electrons. The maximum Gasteiger partial charge on any atom is 0.259 e. The van der Waals surface area contributed by atoms with E-state index in [0.29, 0.717) is 26.9 Å². The number of nitrogens with zero attached hydrogens (tertiary/aromatic N) is 2. The van der Waals surface area contributed by atoms with Gasteiger partial charge < -0.3 is 14.8 Å². The molecular weight excluding hydrogens is 418 g/mol. The van der Waals surface area contributed by atoms with Gasteiger partial charge in [0.1, 0.15) is 5.69 Å². The van der Waals surface area contributed by atoms with Crippen LogP contribution in [0.3, 0.4) is 0 Å². The first-order valence-electron chi connectivity index (χ1n) is 6.13. The van der Waals surface area contributed by atoms with E-state index < -0.39 is 0 Å². The smallest absolute Gasteiger partial charge is 0.259 e. The van der Waals surface area contributed by atoms with Gasteiger partial charge in [-0.25, -0.2) is 9.97 Å². The first-order chi connectivity index (χ1) is 10.5. The molecule has 0 fully saturated rings. The van der Waals surface area contributed by atoms with Crippen molar-refractivity contribution in [2.45, 2.75) is 0 Å². The van der Waals surface area contributed by atoms with Crippen molar-refractivity contribution in [2.24, 2.45) is 0 Å². The van der Waals surface area contributed by atoms with Crippen LogP contribution in [-0.4, -0.2) is 27.2 Å². The van der Waals surface area contributed by atoms with Crippen LogP contribution < -0.4 is 10.3 Å². The van der Waals surface area contributed by atoms with Gasteiger partial charge in [0.15, 0.2) is 11.6 Å². The normalized spacial score (nSPS) is 10.9. The van der Waals surface area contributed by atoms with Crippen LogP contribution in [0.15, 0.2) is 38.0 Å². The van der Waals surface area contributed by atoms with Crippen LogP contribution in [0.5, 0.6) is 11.6 Å². The van der Waals surface area contributed by atoms with Crippen molar-refractivity contribution in [3.05, 3.63) is 43.6 Å². The molecule has 0 amide bonds. The highest BCUT2D eigenvalue weighted by Crippen LogP contribution is 2.28. The summed E-state index contributed by atoms with van der Waals surface area (Å²) in [4.78, 5) is 23.5. The lowest BCUT2D eigenvalue weighted by atomic mass is 10.2. The van der Waals surface area contributed by atoms with E-state index in [1.165, 1.54) is 13.2 Å². The molecule has 0 atom stereocenters. The number of methoxy groups -OCH3 is 1. The molecule has 0 saturated heterocycles. The summed E-state index contributed by atoms with van der Waals surface area (Å²) in [6, 6.07) is 6.49. The SMILES string of the molecule is COc1nc(-c2nc3c(Br)cc(Br)cc3c(=O)[nH]2)ccc1O. The number of halogens is 2. The van der Waals surface area contributed by atoms with E-state index in [2.05, 4.69) is 46.8 Å². The lowest BCUT2D eigenvalue weighted by molar-refractivity contribution is 0.359. The second-order valence-corrected chi connectivity index (χ2v) is 6.19. The highest BCUT2D eigenvalue weighted by molar-refractivity contribution is 9.11. The standard InChI is InChI=1S/C14H9Br2N3O3/c1-22-14-10(20)3-2-9(17-14)12-18-11-7(13(21)19-12)4-6(15)5-8(11)16/h2-5,20H,1H3,(H,18,19,21). The van der Waals surface area contributed by atoms with E-state index in [1.807, 2.05) is 6.07 Å². The van der Waals surface area contributed by atoms with Crippen LogP contribution in [0.25, 0.3) is 22.4 Å². The molecular formula is C14H9Br2N3O3. The number of rotatable bonds is 2. The number of hydrogen-bond acceptors (Lipinski definition) is 5. The molecule has 3 aromatic rings. The van der Waals surface area contributed by atoms with Crippen LogP contribution >= 0.6 is 31.9 Å². The van der Waals surface area contributed by atoms with Gasteiger partial charge in [-0.3, -0.25) is 4.79 Å². The number of aromatic amines is 1. The van der Waals surface area contributed by atoms with Gasteiger partial charge >= 0.3 is 0 Å². The highest BCUT2D eigenvalue weighted by atomic mass is 79.9. The molecule has 0 spiro atoms. The average Bonchev–Trinajstić information content (AvgIpc) is 2.48. The van der Waals surface area contributed by atoms with Crippen LogP contribution in [0.4, 0.5) is 0 Å². The van der Waals surface area contributed by atoms with E-state index in [4.69, 9.17) is 4.74 Å². The number of aromatic nitrogens is 3. The van der Waals surface area contributed by atoms with Gasteiger partial charge in [-0.05, 0) is 40.2 Å². The second-order valence-electron chi connectivity index (χ2n) is 4.42. The van der Waals surface area contributed by atoms with Gasteiger partial charge in [0.05, 0.1) is 18.0 Å². The van der Waals surface area contributed by atoms with Gasteiger partial charge in [0.25, 0.3) is 11.4 Å². The fraction of sp³-hybridized carbons (Fsp3) is 0.0714. The Bertz CT molecular complexity index is 940. The molecule has 2 N–H and O–H groups in total. The molecule has 6 nitrogen and oxygen atoms in total. The van der Waals surface area contributed by atoms with E-state index in [0.717, 1.165) is 4.47 Å². The topological polar surface area (TPSA) is 88.1 Å². The Morgan fingerprint density at radius 3 is 2.73 bits per heavy atom. The Kier molecular flexibility index (Phi) is 3.88. The zero-order valence-electron chi connectivity index (χ0n) is 11.2. The highest BCUT2D eigenvalue weighted by Gasteiger charge is 2.12. The van der Waals surface area contributed by atoms with Crippen LogP contribution in [0, 0.1) is 0 Å². The molecule has 2 aromatic heterocycles. The van der Waals surface area contributed by atoms with Gasteiger partial charge in [0, 0.05) is 8.95 Å². The summed E-state index contributed by atoms with van der Waals surface area (Å²) in [6.07, 6.45) is 0. The second kappa shape index (κ2) is 5.69. The first-order valence-corrected chi connectivity index (χ1v) is 7.71. The van der Waals surface area contributed by atoms with E-state index in [1.54, 1.807) is 12.1 Å². The molecule has 0 aliphatic rings. The van der Waals surface area contributed by atoms with E-state index in [9.17, 15) is 9.90 Å². The van der Waals surface area contributed by atoms with Crippen LogP contribution in [-0.2, 0) is 0 Å². The molecule has 2 heterocycles. The Labute approximate surface area is 141 Å². The van der Waals surface area contributed by atoms with Crippen molar-refractivity contribution in [1.29, 1.82) is 0 Å². The number of benzene rings is 1.